The molecule has 1 aromatic carbocycles. The topological polar surface area (TPSA) is 20.3 Å². The van der Waals surface area contributed by atoms with E-state index in [4.69, 9.17) is 0 Å². The van der Waals surface area contributed by atoms with Crippen molar-refractivity contribution in [1.82, 2.24) is 0 Å². The van der Waals surface area contributed by atoms with Gasteiger partial charge in [-0.1, -0.05) is 11.6 Å². The molecule has 0 heterocycles. The second-order valence-corrected chi connectivity index (χ2v) is 3.45. The van der Waals surface area contributed by atoms with Crippen LogP contribution in [0.5, 0.6) is 0 Å². The number of benzene rings is 1. The summed E-state index contributed by atoms with van der Waals surface area (Å²) in [4.78, 5) is 12.1. The first-order valence-electron chi connectivity index (χ1n) is 4.59. The molecule has 0 spiro atoms. The van der Waals surface area contributed by atoms with E-state index in [-0.39, 0.29) is 6.54 Å². The highest BCUT2D eigenvalue weighted by molar-refractivity contribution is 5.84. The Balaban J connectivity index is 2.97. The lowest BCUT2D eigenvalue weighted by molar-refractivity contribution is 0.112. The third-order valence-electron chi connectivity index (χ3n) is 2.13. The maximum atomic E-state index is 12.2. The van der Waals surface area contributed by atoms with E-state index in [2.05, 4.69) is 0 Å². The van der Waals surface area contributed by atoms with Crippen LogP contribution in [0.3, 0.4) is 0 Å². The average Bonchev–Trinajstić information content (AvgIpc) is 2.16. The Morgan fingerprint density at radius 3 is 2.67 bits per heavy atom. The fourth-order valence-corrected chi connectivity index (χ4v) is 1.42. The maximum absolute atomic E-state index is 12.2. The van der Waals surface area contributed by atoms with E-state index >= 15 is 0 Å². The van der Waals surface area contributed by atoms with Crippen molar-refractivity contribution in [3.05, 3.63) is 29.3 Å². The monoisotopic (exact) mass is 213 g/mol. The molecule has 0 unspecified atom stereocenters. The summed E-state index contributed by atoms with van der Waals surface area (Å²) in [6.07, 6.45) is -1.72. The average molecular weight is 213 g/mol. The molecule has 1 aromatic rings. The number of carbonyl (C=O) groups is 1. The predicted octanol–water partition coefficient (Wildman–Crippen LogP) is 2.51. The van der Waals surface area contributed by atoms with Crippen LogP contribution in [0.25, 0.3) is 0 Å². The highest BCUT2D eigenvalue weighted by Gasteiger charge is 2.11. The standard InChI is InChI=1S/C11H13F2NO/c1-8-3-4-10(9(5-8)7-15)14(2)6-11(12)13/h3-5,7,11H,6H2,1-2H3. The van der Waals surface area contributed by atoms with Gasteiger partial charge in [0, 0.05) is 18.3 Å². The first kappa shape index (κ1) is 11.6. The molecule has 0 aliphatic carbocycles. The van der Waals surface area contributed by atoms with E-state index < -0.39 is 6.43 Å². The zero-order valence-corrected chi connectivity index (χ0v) is 8.71. The zero-order chi connectivity index (χ0) is 11.4. The Kier molecular flexibility index (Phi) is 3.77. The molecule has 0 fully saturated rings. The van der Waals surface area contributed by atoms with Crippen molar-refractivity contribution < 1.29 is 13.6 Å². The van der Waals surface area contributed by atoms with Crippen LogP contribution < -0.4 is 4.90 Å². The molecule has 0 saturated carbocycles. The molecule has 15 heavy (non-hydrogen) atoms. The van der Waals surface area contributed by atoms with Crippen LogP contribution in [0.4, 0.5) is 14.5 Å². The number of halogens is 2. The summed E-state index contributed by atoms with van der Waals surface area (Å²) in [7, 11) is 1.55. The first-order chi connectivity index (χ1) is 7.04. The Labute approximate surface area is 87.5 Å². The minimum absolute atomic E-state index is 0.371. The van der Waals surface area contributed by atoms with Crippen LogP contribution in [0.15, 0.2) is 18.2 Å². The number of hydrogen-bond donors (Lipinski definition) is 0. The van der Waals surface area contributed by atoms with Gasteiger partial charge in [-0.05, 0) is 19.1 Å². The van der Waals surface area contributed by atoms with Gasteiger partial charge in [-0.15, -0.1) is 0 Å². The first-order valence-corrected chi connectivity index (χ1v) is 4.59. The molecule has 0 aliphatic heterocycles. The van der Waals surface area contributed by atoms with Gasteiger partial charge in [0.05, 0.1) is 6.54 Å². The van der Waals surface area contributed by atoms with Gasteiger partial charge in [-0.3, -0.25) is 4.79 Å². The molecule has 0 saturated heterocycles. The molecule has 0 aliphatic rings. The summed E-state index contributed by atoms with van der Waals surface area (Å²) in [6, 6.07) is 5.16. The molecule has 2 nitrogen and oxygen atoms in total. The van der Waals surface area contributed by atoms with Crippen molar-refractivity contribution in [2.75, 3.05) is 18.5 Å². The lowest BCUT2D eigenvalue weighted by atomic mass is 10.1. The van der Waals surface area contributed by atoms with Gasteiger partial charge in [-0.25, -0.2) is 8.78 Å². The van der Waals surface area contributed by atoms with Gasteiger partial charge in [0.2, 0.25) is 0 Å². The maximum Gasteiger partial charge on any atom is 0.255 e. The Hall–Kier alpha value is -1.45. The third-order valence-corrected chi connectivity index (χ3v) is 2.13. The van der Waals surface area contributed by atoms with E-state index in [0.29, 0.717) is 17.5 Å². The molecule has 82 valence electrons. The van der Waals surface area contributed by atoms with Crippen molar-refractivity contribution in [3.63, 3.8) is 0 Å². The molecule has 0 N–H and O–H groups in total. The van der Waals surface area contributed by atoms with Crippen molar-refractivity contribution in [2.45, 2.75) is 13.3 Å². The molecule has 1 rings (SSSR count). The molecular weight excluding hydrogens is 200 g/mol. The van der Waals surface area contributed by atoms with Crippen molar-refractivity contribution in [2.24, 2.45) is 0 Å². The van der Waals surface area contributed by atoms with Crippen LogP contribution in [0.2, 0.25) is 0 Å². The van der Waals surface area contributed by atoms with Gasteiger partial charge >= 0.3 is 0 Å². The van der Waals surface area contributed by atoms with E-state index in [1.807, 2.05) is 6.92 Å². The fourth-order valence-electron chi connectivity index (χ4n) is 1.42. The van der Waals surface area contributed by atoms with Crippen molar-refractivity contribution >= 4 is 12.0 Å². The van der Waals surface area contributed by atoms with E-state index in [9.17, 15) is 13.6 Å². The molecule has 0 atom stereocenters. The number of carbonyl (C=O) groups excluding carboxylic acids is 1. The minimum Gasteiger partial charge on any atom is -0.368 e. The van der Waals surface area contributed by atoms with Crippen LogP contribution in [-0.2, 0) is 0 Å². The Morgan fingerprint density at radius 2 is 2.13 bits per heavy atom. The second-order valence-electron chi connectivity index (χ2n) is 3.45. The summed E-state index contributed by atoms with van der Waals surface area (Å²) in [5.41, 5.74) is 1.92. The van der Waals surface area contributed by atoms with Gasteiger partial charge in [0.15, 0.2) is 6.29 Å². The van der Waals surface area contributed by atoms with Crippen molar-refractivity contribution in [1.29, 1.82) is 0 Å². The van der Waals surface area contributed by atoms with E-state index in [1.54, 1.807) is 25.2 Å². The largest absolute Gasteiger partial charge is 0.368 e. The lowest BCUT2D eigenvalue weighted by Gasteiger charge is -2.20. The molecular formula is C11H13F2NO. The zero-order valence-electron chi connectivity index (χ0n) is 8.71. The summed E-state index contributed by atoms with van der Waals surface area (Å²) < 4.78 is 24.3. The highest BCUT2D eigenvalue weighted by atomic mass is 19.3. The lowest BCUT2D eigenvalue weighted by Crippen LogP contribution is -2.25. The SMILES string of the molecule is Cc1ccc(N(C)CC(F)F)c(C=O)c1. The second kappa shape index (κ2) is 4.87. The quantitative estimate of drug-likeness (QED) is 0.716. The summed E-state index contributed by atoms with van der Waals surface area (Å²) in [6.45, 7) is 1.48. The van der Waals surface area contributed by atoms with Crippen LogP contribution in [0, 0.1) is 6.92 Å². The minimum atomic E-state index is -2.41. The van der Waals surface area contributed by atoms with E-state index in [0.717, 1.165) is 5.56 Å². The van der Waals surface area contributed by atoms with Gasteiger partial charge in [0.1, 0.15) is 0 Å². The van der Waals surface area contributed by atoms with Gasteiger partial charge in [-0.2, -0.15) is 0 Å². The van der Waals surface area contributed by atoms with Crippen LogP contribution in [0.1, 0.15) is 15.9 Å². The van der Waals surface area contributed by atoms with Gasteiger partial charge in [0.25, 0.3) is 6.43 Å². The number of nitrogens with zero attached hydrogens (tertiary/aromatic N) is 1. The van der Waals surface area contributed by atoms with Crippen molar-refractivity contribution in [3.8, 4) is 0 Å². The molecule has 4 heteroatoms. The molecule has 0 aromatic heterocycles. The third kappa shape index (κ3) is 3.01. The van der Waals surface area contributed by atoms with Gasteiger partial charge < -0.3 is 4.90 Å². The van der Waals surface area contributed by atoms with E-state index in [1.165, 1.54) is 4.90 Å². The number of hydrogen-bond acceptors (Lipinski definition) is 2. The Bertz CT molecular complexity index is 352. The predicted molar refractivity (Wildman–Crippen MR) is 55.8 cm³/mol. The normalized spacial score (nSPS) is 10.5. The highest BCUT2D eigenvalue weighted by Crippen LogP contribution is 2.19. The Morgan fingerprint density at radius 1 is 1.47 bits per heavy atom. The number of anilines is 1. The summed E-state index contributed by atoms with van der Waals surface area (Å²) in [5, 5.41) is 0. The smallest absolute Gasteiger partial charge is 0.255 e. The fraction of sp³-hybridized carbons (Fsp3) is 0.364. The number of rotatable bonds is 4. The van der Waals surface area contributed by atoms with Crippen LogP contribution >= 0.6 is 0 Å². The summed E-state index contributed by atoms with van der Waals surface area (Å²) in [5.74, 6) is 0. The number of alkyl halides is 2. The van der Waals surface area contributed by atoms with Crippen LogP contribution in [-0.4, -0.2) is 26.3 Å². The number of aldehydes is 1. The molecule has 0 amide bonds. The molecule has 0 radical (unpaired) electrons. The number of aryl methyl sites for hydroxylation is 1. The molecule has 0 bridgehead atoms. The summed E-state index contributed by atoms with van der Waals surface area (Å²) >= 11 is 0.